The van der Waals surface area contributed by atoms with Gasteiger partial charge in [-0.15, -0.1) is 0 Å². The molecular weight excluding hydrogens is 487 g/mol. The van der Waals surface area contributed by atoms with Gasteiger partial charge in [-0.1, -0.05) is 104 Å². The molecule has 1 unspecified atom stereocenters. The van der Waals surface area contributed by atoms with E-state index in [0.29, 0.717) is 0 Å². The normalized spacial score (nSPS) is 16.6. The van der Waals surface area contributed by atoms with Crippen molar-refractivity contribution in [3.8, 4) is 45.3 Å². The number of hydrogen-bond donors (Lipinski definition) is 0. The van der Waals surface area contributed by atoms with E-state index in [9.17, 15) is 0 Å². The fraction of sp³-hybridized carbons (Fsp3) is 0.135. The van der Waals surface area contributed by atoms with Gasteiger partial charge in [-0.25, -0.2) is 0 Å². The third-order valence-electron chi connectivity index (χ3n) is 8.74. The summed E-state index contributed by atoms with van der Waals surface area (Å²) >= 11 is 0. The zero-order valence-corrected chi connectivity index (χ0v) is 22.6. The van der Waals surface area contributed by atoms with Crippen LogP contribution < -0.4 is 25.9 Å². The third-order valence-corrected chi connectivity index (χ3v) is 8.74. The molecule has 0 amide bonds. The maximum Gasteiger partial charge on any atom is 0.260 e. The number of ether oxygens (including phenoxy) is 2. The van der Waals surface area contributed by atoms with E-state index in [2.05, 4.69) is 122 Å². The van der Waals surface area contributed by atoms with E-state index in [4.69, 9.17) is 9.47 Å². The first-order valence-electron chi connectivity index (χ1n) is 14.3. The van der Waals surface area contributed by atoms with Crippen LogP contribution in [-0.2, 0) is 0 Å². The lowest BCUT2D eigenvalue weighted by Gasteiger charge is -2.35. The molecule has 5 aromatic carbocycles. The summed E-state index contributed by atoms with van der Waals surface area (Å²) < 4.78 is 13.6. The second-order valence-electron chi connectivity index (χ2n) is 11.3. The second kappa shape index (κ2) is 9.31. The van der Waals surface area contributed by atoms with E-state index >= 15 is 0 Å². The molecule has 0 saturated heterocycles. The van der Waals surface area contributed by atoms with Gasteiger partial charge in [-0.05, 0) is 82.1 Å². The highest BCUT2D eigenvalue weighted by Gasteiger charge is 2.41. The number of allylic oxidation sites excluding steroid dienone is 2. The molecule has 0 N–H and O–H groups in total. The Bertz CT molecular complexity index is 1790. The van der Waals surface area contributed by atoms with Crippen LogP contribution in [0.5, 0.6) is 23.0 Å². The zero-order chi connectivity index (χ0) is 26.6. The van der Waals surface area contributed by atoms with E-state index in [1.807, 2.05) is 0 Å². The van der Waals surface area contributed by atoms with E-state index in [0.717, 1.165) is 58.3 Å². The average molecular weight is 516 g/mol. The molecule has 8 rings (SSSR count). The van der Waals surface area contributed by atoms with Crippen LogP contribution in [0.3, 0.4) is 0 Å². The first-order chi connectivity index (χ1) is 19.7. The van der Waals surface area contributed by atoms with Crippen LogP contribution in [-0.4, -0.2) is 6.71 Å². The van der Waals surface area contributed by atoms with Crippen molar-refractivity contribution in [3.05, 3.63) is 121 Å². The molecule has 0 spiro atoms. The lowest BCUT2D eigenvalue weighted by Crippen LogP contribution is -2.57. The summed E-state index contributed by atoms with van der Waals surface area (Å²) in [7, 11) is 0. The summed E-state index contributed by atoms with van der Waals surface area (Å²) in [6.45, 7) is 2.38. The molecule has 3 heteroatoms. The lowest BCUT2D eigenvalue weighted by atomic mass is 9.34. The van der Waals surface area contributed by atoms with Crippen LogP contribution in [0.4, 0.5) is 0 Å². The predicted octanol–water partition coefficient (Wildman–Crippen LogP) is 7.95. The summed E-state index contributed by atoms with van der Waals surface area (Å²) in [6, 6.07) is 38.8. The average Bonchev–Trinajstić information content (AvgIpc) is 3.01. The maximum atomic E-state index is 6.91. The molecule has 2 aliphatic heterocycles. The first-order valence-corrected chi connectivity index (χ1v) is 14.3. The fourth-order valence-electron chi connectivity index (χ4n) is 6.59. The number of fused-ring (bicyclic) bond motifs is 4. The lowest BCUT2D eigenvalue weighted by molar-refractivity contribution is 0.463. The van der Waals surface area contributed by atoms with Gasteiger partial charge in [0.05, 0.1) is 0 Å². The van der Waals surface area contributed by atoms with Crippen molar-refractivity contribution in [2.75, 3.05) is 0 Å². The summed E-state index contributed by atoms with van der Waals surface area (Å²) in [5, 5.41) is 0. The number of rotatable bonds is 3. The van der Waals surface area contributed by atoms with Gasteiger partial charge in [-0.2, -0.15) is 0 Å². The Morgan fingerprint density at radius 1 is 0.625 bits per heavy atom. The molecule has 40 heavy (non-hydrogen) atoms. The molecule has 5 aromatic rings. The Hall–Kier alpha value is -4.50. The Labute approximate surface area is 236 Å². The first kappa shape index (κ1) is 23.4. The SMILES string of the molecule is CC1CC=C(c2cccc3c2Oc2cc(-c4ccccc4)cc4c2B3c2cc(-c3ccccc3)ccc2O4)CC1. The topological polar surface area (TPSA) is 18.5 Å². The van der Waals surface area contributed by atoms with Gasteiger partial charge in [0.2, 0.25) is 0 Å². The molecule has 0 fully saturated rings. The monoisotopic (exact) mass is 516 g/mol. The summed E-state index contributed by atoms with van der Waals surface area (Å²) in [6.07, 6.45) is 5.86. The van der Waals surface area contributed by atoms with Crippen molar-refractivity contribution in [1.29, 1.82) is 0 Å². The van der Waals surface area contributed by atoms with Crippen molar-refractivity contribution >= 4 is 28.7 Å². The minimum Gasteiger partial charge on any atom is -0.458 e. The standard InChI is InChI=1S/C37H29BO2/c1-24-15-17-27(18-16-24)30-13-8-14-31-37(30)40-35-23-29(26-11-6-3-7-12-26)22-34-36(35)38(31)32-21-28(19-20-33(32)39-34)25-9-4-2-5-10-25/h2-14,17,19-24H,15-16,18H2,1H3. The molecule has 3 aliphatic rings. The van der Waals surface area contributed by atoms with Crippen molar-refractivity contribution in [2.24, 2.45) is 5.92 Å². The second-order valence-corrected chi connectivity index (χ2v) is 11.3. The largest absolute Gasteiger partial charge is 0.458 e. The fourth-order valence-corrected chi connectivity index (χ4v) is 6.59. The quantitative estimate of drug-likeness (QED) is 0.222. The molecule has 0 bridgehead atoms. The number of para-hydroxylation sites is 1. The third kappa shape index (κ3) is 3.80. The molecule has 1 aliphatic carbocycles. The van der Waals surface area contributed by atoms with Gasteiger partial charge >= 0.3 is 0 Å². The van der Waals surface area contributed by atoms with Crippen LogP contribution >= 0.6 is 0 Å². The molecular formula is C37H29BO2. The number of hydrogen-bond acceptors (Lipinski definition) is 2. The van der Waals surface area contributed by atoms with E-state index in [-0.39, 0.29) is 6.71 Å². The van der Waals surface area contributed by atoms with Gasteiger partial charge < -0.3 is 9.47 Å². The Morgan fingerprint density at radius 2 is 1.35 bits per heavy atom. The van der Waals surface area contributed by atoms with Crippen molar-refractivity contribution < 1.29 is 9.47 Å². The molecule has 0 aromatic heterocycles. The van der Waals surface area contributed by atoms with Crippen LogP contribution in [0.1, 0.15) is 31.7 Å². The van der Waals surface area contributed by atoms with Crippen LogP contribution in [0.2, 0.25) is 0 Å². The van der Waals surface area contributed by atoms with Crippen molar-refractivity contribution in [1.82, 2.24) is 0 Å². The van der Waals surface area contributed by atoms with E-state index in [1.54, 1.807) is 0 Å². The van der Waals surface area contributed by atoms with Gasteiger partial charge in [-0.3, -0.25) is 0 Å². The molecule has 2 nitrogen and oxygen atoms in total. The smallest absolute Gasteiger partial charge is 0.260 e. The Morgan fingerprint density at radius 3 is 2.08 bits per heavy atom. The molecule has 0 radical (unpaired) electrons. The number of benzene rings is 5. The molecule has 0 saturated carbocycles. The Kier molecular flexibility index (Phi) is 5.45. The van der Waals surface area contributed by atoms with Gasteiger partial charge in [0, 0.05) is 11.0 Å². The van der Waals surface area contributed by atoms with Crippen LogP contribution in [0.25, 0.3) is 27.8 Å². The minimum absolute atomic E-state index is 0.0362. The highest BCUT2D eigenvalue weighted by atomic mass is 16.5. The van der Waals surface area contributed by atoms with Crippen LogP contribution in [0, 0.1) is 5.92 Å². The highest BCUT2D eigenvalue weighted by Crippen LogP contribution is 2.42. The summed E-state index contributed by atoms with van der Waals surface area (Å²) in [5.41, 5.74) is 10.8. The predicted molar refractivity (Wildman–Crippen MR) is 166 cm³/mol. The van der Waals surface area contributed by atoms with E-state index < -0.39 is 0 Å². The molecule has 192 valence electrons. The highest BCUT2D eigenvalue weighted by molar-refractivity contribution is 6.98. The molecule has 2 heterocycles. The Balaban J connectivity index is 1.36. The van der Waals surface area contributed by atoms with Gasteiger partial charge in [0.15, 0.2) is 0 Å². The van der Waals surface area contributed by atoms with Gasteiger partial charge in [0.1, 0.15) is 23.0 Å². The van der Waals surface area contributed by atoms with Crippen molar-refractivity contribution in [3.63, 3.8) is 0 Å². The maximum absolute atomic E-state index is 6.91. The van der Waals surface area contributed by atoms with Crippen LogP contribution in [0.15, 0.2) is 115 Å². The summed E-state index contributed by atoms with van der Waals surface area (Å²) in [4.78, 5) is 0. The van der Waals surface area contributed by atoms with Gasteiger partial charge in [0.25, 0.3) is 6.71 Å². The molecule has 1 atom stereocenters. The summed E-state index contributed by atoms with van der Waals surface area (Å²) in [5.74, 6) is 4.41. The van der Waals surface area contributed by atoms with E-state index in [1.165, 1.54) is 39.6 Å². The van der Waals surface area contributed by atoms with Crippen molar-refractivity contribution in [2.45, 2.75) is 26.2 Å². The minimum atomic E-state index is 0.0362. The zero-order valence-electron chi connectivity index (χ0n) is 22.6.